The van der Waals surface area contributed by atoms with Crippen molar-refractivity contribution in [3.05, 3.63) is 0 Å². The third kappa shape index (κ3) is 4.95. The molecule has 2 saturated heterocycles. The summed E-state index contributed by atoms with van der Waals surface area (Å²) < 4.78 is 5.59. The Morgan fingerprint density at radius 1 is 1.23 bits per heavy atom. The number of carbonyl (C=O) groups excluding carboxylic acids is 1. The van der Waals surface area contributed by atoms with Crippen molar-refractivity contribution in [2.24, 2.45) is 11.8 Å². The minimum atomic E-state index is -0.381. The average molecular weight is 310 g/mol. The quantitative estimate of drug-likeness (QED) is 0.814. The van der Waals surface area contributed by atoms with E-state index >= 15 is 0 Å². The molecule has 2 aliphatic heterocycles. The number of rotatable bonds is 3. The minimum Gasteiger partial charge on any atom is -0.460 e. The van der Waals surface area contributed by atoms with Crippen LogP contribution in [0.4, 0.5) is 0 Å². The van der Waals surface area contributed by atoms with Crippen molar-refractivity contribution in [3.63, 3.8) is 0 Å². The molecule has 2 rings (SSSR count). The standard InChI is InChI=1S/C18H34N2O2/c1-17(2,3)22-16(21)15-8-11-20(18(4,5)12-15)13-14-6-9-19-10-7-14/h14-15,19H,6-13H2,1-5H3. The highest BCUT2D eigenvalue weighted by Gasteiger charge is 2.39. The Morgan fingerprint density at radius 2 is 1.86 bits per heavy atom. The van der Waals surface area contributed by atoms with Gasteiger partial charge in [-0.05, 0) is 85.9 Å². The van der Waals surface area contributed by atoms with E-state index in [9.17, 15) is 4.79 Å². The van der Waals surface area contributed by atoms with Crippen LogP contribution >= 0.6 is 0 Å². The summed E-state index contributed by atoms with van der Waals surface area (Å²) in [4.78, 5) is 15.0. The highest BCUT2D eigenvalue weighted by molar-refractivity contribution is 5.73. The van der Waals surface area contributed by atoms with Crippen molar-refractivity contribution in [1.82, 2.24) is 10.2 Å². The summed E-state index contributed by atoms with van der Waals surface area (Å²) >= 11 is 0. The first-order valence-corrected chi connectivity index (χ1v) is 8.86. The van der Waals surface area contributed by atoms with Gasteiger partial charge < -0.3 is 10.1 Å². The number of ether oxygens (including phenoxy) is 1. The Hall–Kier alpha value is -0.610. The largest absolute Gasteiger partial charge is 0.460 e. The molecule has 0 bridgehead atoms. The molecular formula is C18H34N2O2. The molecule has 4 nitrogen and oxygen atoms in total. The number of hydrogen-bond donors (Lipinski definition) is 1. The van der Waals surface area contributed by atoms with Crippen molar-refractivity contribution in [2.75, 3.05) is 26.2 Å². The summed E-state index contributed by atoms with van der Waals surface area (Å²) in [5, 5.41) is 3.44. The van der Waals surface area contributed by atoms with E-state index in [0.29, 0.717) is 0 Å². The lowest BCUT2D eigenvalue weighted by Crippen LogP contribution is -2.53. The number of nitrogens with one attached hydrogen (secondary N) is 1. The molecule has 22 heavy (non-hydrogen) atoms. The fraction of sp³-hybridized carbons (Fsp3) is 0.944. The Labute approximate surface area is 136 Å². The van der Waals surface area contributed by atoms with Gasteiger partial charge in [0.2, 0.25) is 0 Å². The highest BCUT2D eigenvalue weighted by Crippen LogP contribution is 2.34. The highest BCUT2D eigenvalue weighted by atomic mass is 16.6. The van der Waals surface area contributed by atoms with Crippen LogP contribution in [0.25, 0.3) is 0 Å². The predicted octanol–water partition coefficient (Wildman–Crippen LogP) is 2.82. The summed E-state index contributed by atoms with van der Waals surface area (Å²) in [6, 6.07) is 0. The zero-order chi connectivity index (χ0) is 16.4. The van der Waals surface area contributed by atoms with Gasteiger partial charge in [-0.3, -0.25) is 9.69 Å². The molecule has 4 heteroatoms. The third-order valence-corrected chi connectivity index (χ3v) is 5.03. The normalized spacial score (nSPS) is 27.6. The molecule has 0 saturated carbocycles. The van der Waals surface area contributed by atoms with Crippen molar-refractivity contribution in [1.29, 1.82) is 0 Å². The van der Waals surface area contributed by atoms with Crippen molar-refractivity contribution in [3.8, 4) is 0 Å². The van der Waals surface area contributed by atoms with Crippen molar-refractivity contribution in [2.45, 2.75) is 71.4 Å². The van der Waals surface area contributed by atoms with Crippen LogP contribution in [-0.2, 0) is 9.53 Å². The van der Waals surface area contributed by atoms with E-state index in [1.54, 1.807) is 0 Å². The van der Waals surface area contributed by atoms with Gasteiger partial charge in [-0.15, -0.1) is 0 Å². The van der Waals surface area contributed by atoms with Crippen molar-refractivity contribution >= 4 is 5.97 Å². The van der Waals surface area contributed by atoms with Gasteiger partial charge in [0.15, 0.2) is 0 Å². The molecule has 0 aromatic heterocycles. The molecule has 2 fully saturated rings. The van der Waals surface area contributed by atoms with Gasteiger partial charge in [0.05, 0.1) is 5.92 Å². The number of carbonyl (C=O) groups is 1. The number of piperidine rings is 2. The second-order valence-electron chi connectivity index (χ2n) is 8.68. The average Bonchev–Trinajstić information content (AvgIpc) is 2.40. The molecule has 0 aliphatic carbocycles. The maximum atomic E-state index is 12.3. The summed E-state index contributed by atoms with van der Waals surface area (Å²) in [5.41, 5.74) is -0.293. The number of hydrogen-bond acceptors (Lipinski definition) is 4. The molecule has 2 heterocycles. The van der Waals surface area contributed by atoms with Crippen LogP contribution in [0.2, 0.25) is 0 Å². The third-order valence-electron chi connectivity index (χ3n) is 5.03. The molecule has 0 aromatic rings. The van der Waals surface area contributed by atoms with Gasteiger partial charge in [0.1, 0.15) is 5.60 Å². The molecule has 1 atom stereocenters. The van der Waals surface area contributed by atoms with Crippen LogP contribution in [0, 0.1) is 11.8 Å². The van der Waals surface area contributed by atoms with Crippen LogP contribution in [-0.4, -0.2) is 48.2 Å². The first-order valence-electron chi connectivity index (χ1n) is 8.86. The number of esters is 1. The maximum Gasteiger partial charge on any atom is 0.309 e. The van der Waals surface area contributed by atoms with E-state index < -0.39 is 0 Å². The summed E-state index contributed by atoms with van der Waals surface area (Å²) in [5.74, 6) is 0.846. The first-order chi connectivity index (χ1) is 10.2. The maximum absolute atomic E-state index is 12.3. The van der Waals surface area contributed by atoms with Crippen molar-refractivity contribution < 1.29 is 9.53 Å². The van der Waals surface area contributed by atoms with Crippen LogP contribution in [0.1, 0.15) is 60.3 Å². The Bertz CT molecular complexity index is 381. The summed E-state index contributed by atoms with van der Waals surface area (Å²) in [7, 11) is 0. The number of likely N-dealkylation sites (tertiary alicyclic amines) is 1. The first kappa shape index (κ1) is 17.7. The van der Waals surface area contributed by atoms with E-state index in [4.69, 9.17) is 4.74 Å². The van der Waals surface area contributed by atoms with Gasteiger partial charge in [-0.25, -0.2) is 0 Å². The van der Waals surface area contributed by atoms with Gasteiger partial charge in [0.25, 0.3) is 0 Å². The van der Waals surface area contributed by atoms with Gasteiger partial charge in [-0.1, -0.05) is 0 Å². The molecular weight excluding hydrogens is 276 g/mol. The summed E-state index contributed by atoms with van der Waals surface area (Å²) in [6.07, 6.45) is 4.40. The lowest BCUT2D eigenvalue weighted by Gasteiger charge is -2.47. The predicted molar refractivity (Wildman–Crippen MR) is 89.8 cm³/mol. The molecule has 0 spiro atoms. The lowest BCUT2D eigenvalue weighted by molar-refractivity contribution is -0.163. The second kappa shape index (κ2) is 6.88. The number of nitrogens with zero attached hydrogens (tertiary/aromatic N) is 1. The topological polar surface area (TPSA) is 41.6 Å². The molecule has 0 aromatic carbocycles. The van der Waals surface area contributed by atoms with E-state index in [1.807, 2.05) is 20.8 Å². The Morgan fingerprint density at radius 3 is 2.41 bits per heavy atom. The van der Waals surface area contributed by atoms with Gasteiger partial charge in [0, 0.05) is 12.1 Å². The van der Waals surface area contributed by atoms with Crippen LogP contribution in [0.15, 0.2) is 0 Å². The summed E-state index contributed by atoms with van der Waals surface area (Å²) in [6.45, 7) is 14.9. The smallest absolute Gasteiger partial charge is 0.309 e. The molecule has 0 amide bonds. The van der Waals surface area contributed by atoms with Gasteiger partial charge >= 0.3 is 5.97 Å². The fourth-order valence-corrected chi connectivity index (χ4v) is 3.75. The van der Waals surface area contributed by atoms with E-state index in [0.717, 1.165) is 38.4 Å². The zero-order valence-corrected chi connectivity index (χ0v) is 15.1. The fourth-order valence-electron chi connectivity index (χ4n) is 3.75. The molecule has 1 unspecified atom stereocenters. The molecule has 1 N–H and O–H groups in total. The van der Waals surface area contributed by atoms with Crippen LogP contribution in [0.5, 0.6) is 0 Å². The monoisotopic (exact) mass is 310 g/mol. The van der Waals surface area contributed by atoms with Gasteiger partial charge in [-0.2, -0.15) is 0 Å². The molecule has 0 radical (unpaired) electrons. The Kier molecular flexibility index (Phi) is 5.54. The van der Waals surface area contributed by atoms with Crippen LogP contribution < -0.4 is 5.32 Å². The van der Waals surface area contributed by atoms with Crippen LogP contribution in [0.3, 0.4) is 0 Å². The second-order valence-corrected chi connectivity index (χ2v) is 8.68. The van der Waals surface area contributed by atoms with E-state index in [-0.39, 0.29) is 23.0 Å². The molecule has 2 aliphatic rings. The minimum absolute atomic E-state index is 0.0120. The van der Waals surface area contributed by atoms with E-state index in [2.05, 4.69) is 24.1 Å². The SMILES string of the molecule is CC(C)(C)OC(=O)C1CCN(CC2CCNCC2)C(C)(C)C1. The zero-order valence-electron chi connectivity index (χ0n) is 15.1. The van der Waals surface area contributed by atoms with E-state index in [1.165, 1.54) is 19.4 Å². The Balaban J connectivity index is 1.89. The molecule has 128 valence electrons. The lowest BCUT2D eigenvalue weighted by atomic mass is 9.81.